The van der Waals surface area contributed by atoms with Gasteiger partial charge in [0.2, 0.25) is 0 Å². The molecule has 0 N–H and O–H groups in total. The fourth-order valence-corrected chi connectivity index (χ4v) is 2.17. The zero-order valence-electron chi connectivity index (χ0n) is 9.53. The Balaban J connectivity index is 2.11. The van der Waals surface area contributed by atoms with E-state index in [-0.39, 0.29) is 5.41 Å². The van der Waals surface area contributed by atoms with Crippen molar-refractivity contribution in [2.45, 2.75) is 26.7 Å². The van der Waals surface area contributed by atoms with Crippen molar-refractivity contribution in [2.75, 3.05) is 0 Å². The molecule has 0 heterocycles. The molecule has 15 heavy (non-hydrogen) atoms. The van der Waals surface area contributed by atoms with Crippen LogP contribution in [0.25, 0.3) is 0 Å². The van der Waals surface area contributed by atoms with Crippen molar-refractivity contribution < 1.29 is 0 Å². The summed E-state index contributed by atoms with van der Waals surface area (Å²) in [4.78, 5) is 0. The van der Waals surface area contributed by atoms with Crippen molar-refractivity contribution in [1.29, 1.82) is 0 Å². The third kappa shape index (κ3) is 2.38. The van der Waals surface area contributed by atoms with Gasteiger partial charge < -0.3 is 0 Å². The first-order valence-corrected chi connectivity index (χ1v) is 5.58. The van der Waals surface area contributed by atoms with Gasteiger partial charge in [-0.1, -0.05) is 68.0 Å². The maximum Gasteiger partial charge on any atom is -0.00981 e. The monoisotopic (exact) mass is 198 g/mol. The Bertz CT molecular complexity index is 380. The van der Waals surface area contributed by atoms with Crippen LogP contribution in [0.15, 0.2) is 54.1 Å². The van der Waals surface area contributed by atoms with Crippen LogP contribution < -0.4 is 0 Å². The Kier molecular flexibility index (Phi) is 2.77. The summed E-state index contributed by atoms with van der Waals surface area (Å²) in [6.07, 6.45) is 8.92. The molecule has 0 radical (unpaired) electrons. The van der Waals surface area contributed by atoms with Gasteiger partial charge in [-0.15, -0.1) is 0 Å². The predicted molar refractivity (Wildman–Crippen MR) is 65.8 cm³/mol. The van der Waals surface area contributed by atoms with Gasteiger partial charge in [0.15, 0.2) is 0 Å². The molecule has 0 aromatic heterocycles. The van der Waals surface area contributed by atoms with Crippen molar-refractivity contribution in [1.82, 2.24) is 0 Å². The van der Waals surface area contributed by atoms with E-state index in [0.717, 1.165) is 12.8 Å². The first kappa shape index (κ1) is 10.2. The van der Waals surface area contributed by atoms with Crippen LogP contribution in [0.3, 0.4) is 0 Å². The van der Waals surface area contributed by atoms with Crippen LogP contribution in [0.5, 0.6) is 0 Å². The smallest absolute Gasteiger partial charge is 0.00981 e. The standard InChI is InChI=1S/C15H18/c1-15(2,14-10-6-7-11-14)12-13-8-4-3-5-9-13/h3-10H,11-12H2,1-2H3. The first-order valence-electron chi connectivity index (χ1n) is 5.58. The van der Waals surface area contributed by atoms with Crippen LogP contribution in [-0.4, -0.2) is 0 Å². The molecule has 0 saturated heterocycles. The lowest BCUT2D eigenvalue weighted by molar-refractivity contribution is 0.437. The summed E-state index contributed by atoms with van der Waals surface area (Å²) in [5, 5.41) is 0. The van der Waals surface area contributed by atoms with Gasteiger partial charge in [0.1, 0.15) is 0 Å². The van der Waals surface area contributed by atoms with Gasteiger partial charge >= 0.3 is 0 Å². The van der Waals surface area contributed by atoms with E-state index in [1.165, 1.54) is 5.56 Å². The Morgan fingerprint density at radius 3 is 2.47 bits per heavy atom. The second-order valence-corrected chi connectivity index (χ2v) is 4.87. The Hall–Kier alpha value is -1.30. The van der Waals surface area contributed by atoms with Gasteiger partial charge in [0.25, 0.3) is 0 Å². The molecule has 1 aliphatic carbocycles. The predicted octanol–water partition coefficient (Wildman–Crippen LogP) is 4.14. The number of hydrogen-bond acceptors (Lipinski definition) is 0. The first-order chi connectivity index (χ1) is 7.18. The average molecular weight is 198 g/mol. The molecule has 0 saturated carbocycles. The van der Waals surface area contributed by atoms with E-state index in [1.54, 1.807) is 5.57 Å². The third-order valence-electron chi connectivity index (χ3n) is 3.13. The summed E-state index contributed by atoms with van der Waals surface area (Å²) in [6, 6.07) is 10.7. The van der Waals surface area contributed by atoms with Crippen LogP contribution in [-0.2, 0) is 6.42 Å². The van der Waals surface area contributed by atoms with Crippen molar-refractivity contribution in [3.8, 4) is 0 Å². The normalized spacial score (nSPS) is 15.5. The van der Waals surface area contributed by atoms with Crippen molar-refractivity contribution >= 4 is 0 Å². The van der Waals surface area contributed by atoms with Crippen molar-refractivity contribution in [2.24, 2.45) is 5.41 Å². The summed E-state index contributed by atoms with van der Waals surface area (Å²) >= 11 is 0. The highest BCUT2D eigenvalue weighted by Crippen LogP contribution is 2.35. The molecular formula is C15H18. The molecule has 2 rings (SSSR count). The molecule has 0 heteroatoms. The summed E-state index contributed by atoms with van der Waals surface area (Å²) < 4.78 is 0. The molecule has 1 aliphatic rings. The maximum atomic E-state index is 2.33. The van der Waals surface area contributed by atoms with Gasteiger partial charge in [-0.25, -0.2) is 0 Å². The molecule has 0 amide bonds. The third-order valence-corrected chi connectivity index (χ3v) is 3.13. The van der Waals surface area contributed by atoms with Crippen LogP contribution >= 0.6 is 0 Å². The second-order valence-electron chi connectivity index (χ2n) is 4.87. The topological polar surface area (TPSA) is 0 Å². The van der Waals surface area contributed by atoms with Gasteiger partial charge in [-0.3, -0.25) is 0 Å². The summed E-state index contributed by atoms with van der Waals surface area (Å²) in [6.45, 7) is 4.66. The zero-order chi connectivity index (χ0) is 10.7. The molecule has 0 bridgehead atoms. The molecule has 0 nitrogen and oxygen atoms in total. The van der Waals surface area contributed by atoms with E-state index in [1.807, 2.05) is 0 Å². The van der Waals surface area contributed by atoms with E-state index in [4.69, 9.17) is 0 Å². The van der Waals surface area contributed by atoms with Crippen LogP contribution in [0.2, 0.25) is 0 Å². The highest BCUT2D eigenvalue weighted by Gasteiger charge is 2.23. The fraction of sp³-hybridized carbons (Fsp3) is 0.333. The summed E-state index contributed by atoms with van der Waals surface area (Å²) in [5.41, 5.74) is 3.26. The van der Waals surface area contributed by atoms with E-state index >= 15 is 0 Å². The van der Waals surface area contributed by atoms with Gasteiger partial charge in [-0.05, 0) is 23.8 Å². The van der Waals surface area contributed by atoms with Crippen LogP contribution in [0, 0.1) is 5.41 Å². The highest BCUT2D eigenvalue weighted by molar-refractivity contribution is 5.30. The quantitative estimate of drug-likeness (QED) is 0.684. The highest BCUT2D eigenvalue weighted by atomic mass is 14.3. The molecule has 0 fully saturated rings. The second kappa shape index (κ2) is 4.06. The minimum absolute atomic E-state index is 0.283. The number of rotatable bonds is 3. The SMILES string of the molecule is CC(C)(Cc1ccccc1)C1=CC=CC1. The summed E-state index contributed by atoms with van der Waals surface area (Å²) in [7, 11) is 0. The molecule has 0 aliphatic heterocycles. The summed E-state index contributed by atoms with van der Waals surface area (Å²) in [5.74, 6) is 0. The van der Waals surface area contributed by atoms with Gasteiger partial charge in [0.05, 0.1) is 0 Å². The molecule has 0 unspecified atom stereocenters. The van der Waals surface area contributed by atoms with Gasteiger partial charge in [-0.2, -0.15) is 0 Å². The van der Waals surface area contributed by atoms with Crippen molar-refractivity contribution in [3.05, 3.63) is 59.7 Å². The van der Waals surface area contributed by atoms with Gasteiger partial charge in [0, 0.05) is 0 Å². The average Bonchev–Trinajstić information content (AvgIpc) is 2.71. The number of hydrogen-bond donors (Lipinski definition) is 0. The minimum atomic E-state index is 0.283. The lowest BCUT2D eigenvalue weighted by Crippen LogP contribution is -2.17. The van der Waals surface area contributed by atoms with Crippen molar-refractivity contribution in [3.63, 3.8) is 0 Å². The largest absolute Gasteiger partial charge is 0.0804 e. The van der Waals surface area contributed by atoms with E-state index < -0.39 is 0 Å². The Morgan fingerprint density at radius 1 is 1.13 bits per heavy atom. The molecular weight excluding hydrogens is 180 g/mol. The Morgan fingerprint density at radius 2 is 1.87 bits per heavy atom. The van der Waals surface area contributed by atoms with E-state index in [2.05, 4.69) is 62.4 Å². The lowest BCUT2D eigenvalue weighted by atomic mass is 9.78. The molecule has 0 atom stereocenters. The molecule has 1 aromatic carbocycles. The zero-order valence-corrected chi connectivity index (χ0v) is 9.53. The minimum Gasteiger partial charge on any atom is -0.0804 e. The number of benzene rings is 1. The molecule has 78 valence electrons. The Labute approximate surface area is 92.3 Å². The molecule has 1 aromatic rings. The van der Waals surface area contributed by atoms with E-state index in [0.29, 0.717) is 0 Å². The van der Waals surface area contributed by atoms with E-state index in [9.17, 15) is 0 Å². The molecule has 0 spiro atoms. The van der Waals surface area contributed by atoms with Crippen LogP contribution in [0.4, 0.5) is 0 Å². The number of allylic oxidation sites excluding steroid dienone is 4. The maximum absolute atomic E-state index is 2.33. The van der Waals surface area contributed by atoms with Crippen LogP contribution in [0.1, 0.15) is 25.8 Å². The fourth-order valence-electron chi connectivity index (χ4n) is 2.17. The lowest BCUT2D eigenvalue weighted by Gasteiger charge is -2.26.